The van der Waals surface area contributed by atoms with Crippen molar-refractivity contribution in [3.63, 3.8) is 0 Å². The molecule has 1 heterocycles. The van der Waals surface area contributed by atoms with Crippen LogP contribution in [0.3, 0.4) is 0 Å². The van der Waals surface area contributed by atoms with Crippen molar-refractivity contribution in [2.45, 2.75) is 31.5 Å². The molecule has 0 saturated heterocycles. The molecule has 0 aliphatic heterocycles. The molecule has 13 heteroatoms. The third-order valence-corrected chi connectivity index (χ3v) is 6.47. The van der Waals surface area contributed by atoms with E-state index >= 15 is 0 Å². The number of nitrogens with one attached hydrogen (secondary N) is 1. The van der Waals surface area contributed by atoms with E-state index in [0.717, 1.165) is 19.2 Å². The van der Waals surface area contributed by atoms with E-state index in [1.807, 2.05) is 0 Å². The molecule has 1 saturated carbocycles. The highest BCUT2D eigenvalue weighted by Gasteiger charge is 2.32. The van der Waals surface area contributed by atoms with Gasteiger partial charge in [-0.05, 0) is 48.2 Å². The molecule has 5 N–H and O–H groups in total. The molecule has 1 aromatic heterocycles. The molecule has 1 amide bonds. The summed E-state index contributed by atoms with van der Waals surface area (Å²) in [6.07, 6.45) is 5.30. The number of carbonyl (C=O) groups is 1. The summed E-state index contributed by atoms with van der Waals surface area (Å²) < 4.78 is 32.4. The minimum absolute atomic E-state index is 0.0377. The maximum absolute atomic E-state index is 13.8. The second-order valence-corrected chi connectivity index (χ2v) is 9.16. The summed E-state index contributed by atoms with van der Waals surface area (Å²) in [6, 6.07) is 10.8. The Labute approximate surface area is 228 Å². The van der Waals surface area contributed by atoms with E-state index in [2.05, 4.69) is 15.1 Å². The molecule has 0 bridgehead atoms. The Balaban J connectivity index is 1.70. The highest BCUT2D eigenvalue weighted by atomic mass is 35.5. The Hall–Kier alpha value is -4.16. The first-order valence-electron chi connectivity index (χ1n) is 12.0. The quantitative estimate of drug-likeness (QED) is 0.252. The minimum atomic E-state index is -2.75. The molecule has 1 aliphatic rings. The van der Waals surface area contributed by atoms with Crippen LogP contribution in [-0.4, -0.2) is 58.5 Å². The lowest BCUT2D eigenvalue weighted by atomic mass is 10.0. The molecular weight excluding hydrogens is 530 g/mol. The summed E-state index contributed by atoms with van der Waals surface area (Å²) in [5.41, 5.74) is 14.7. The summed E-state index contributed by atoms with van der Waals surface area (Å²) >= 11 is 6.34. The number of aliphatic imine (C=N–C) groups is 2. The first-order chi connectivity index (χ1) is 18.7. The smallest absolute Gasteiger partial charge is 0.333 e. The third-order valence-electron chi connectivity index (χ3n) is 6.14. The van der Waals surface area contributed by atoms with Crippen LogP contribution in [0.1, 0.15) is 46.9 Å². The fourth-order valence-corrected chi connectivity index (χ4v) is 4.13. The maximum atomic E-state index is 13.8. The van der Waals surface area contributed by atoms with E-state index in [0.29, 0.717) is 37.5 Å². The Morgan fingerprint density at radius 1 is 1.26 bits per heavy atom. The van der Waals surface area contributed by atoms with Crippen LogP contribution >= 0.6 is 11.6 Å². The average Bonchev–Trinajstić information content (AvgIpc) is 3.63. The number of guanidine groups is 1. The van der Waals surface area contributed by atoms with Crippen molar-refractivity contribution in [3.8, 4) is 11.1 Å². The minimum Gasteiger partial charge on any atom is -0.383 e. The Kier molecular flexibility index (Phi) is 8.67. The van der Waals surface area contributed by atoms with Gasteiger partial charge in [0.05, 0.1) is 30.0 Å². The van der Waals surface area contributed by atoms with Gasteiger partial charge in [-0.25, -0.2) is 9.67 Å². The van der Waals surface area contributed by atoms with Crippen LogP contribution in [0.4, 0.5) is 8.78 Å². The van der Waals surface area contributed by atoms with Crippen molar-refractivity contribution in [1.29, 1.82) is 5.41 Å². The van der Waals surface area contributed by atoms with Crippen LogP contribution in [0, 0.1) is 5.41 Å². The lowest BCUT2D eigenvalue weighted by Gasteiger charge is -2.31. The number of hydrogen-bond donors (Lipinski definition) is 3. The molecule has 0 spiro atoms. The van der Waals surface area contributed by atoms with Crippen LogP contribution < -0.4 is 11.5 Å². The second-order valence-electron chi connectivity index (χ2n) is 8.75. The zero-order valence-electron chi connectivity index (χ0n) is 21.0. The van der Waals surface area contributed by atoms with Crippen molar-refractivity contribution >= 4 is 35.6 Å². The van der Waals surface area contributed by atoms with Gasteiger partial charge < -0.3 is 16.2 Å². The van der Waals surface area contributed by atoms with Crippen molar-refractivity contribution in [3.05, 3.63) is 76.6 Å². The molecular formula is C26H27ClF2N8O2. The number of ether oxygens (including phenoxy) is 1. The molecule has 39 heavy (non-hydrogen) atoms. The predicted octanol–water partition coefficient (Wildman–Crippen LogP) is 4.22. The summed E-state index contributed by atoms with van der Waals surface area (Å²) in [5, 5.41) is 11.2. The topological polar surface area (TPSA) is 148 Å². The number of carbonyl (C=O) groups excluding carboxylic acids is 1. The molecule has 0 radical (unpaired) electrons. The summed E-state index contributed by atoms with van der Waals surface area (Å²) in [5.74, 6) is -0.446. The van der Waals surface area contributed by atoms with Gasteiger partial charge in [-0.1, -0.05) is 29.8 Å². The average molecular weight is 557 g/mol. The van der Waals surface area contributed by atoms with E-state index < -0.39 is 18.5 Å². The van der Waals surface area contributed by atoms with Crippen LogP contribution in [0.15, 0.2) is 64.8 Å². The fraction of sp³-hybridized carbons (Fsp3) is 0.269. The molecule has 1 aliphatic carbocycles. The van der Waals surface area contributed by atoms with E-state index in [1.54, 1.807) is 42.5 Å². The molecule has 1 fully saturated rings. The van der Waals surface area contributed by atoms with Crippen molar-refractivity contribution in [1.82, 2.24) is 14.7 Å². The van der Waals surface area contributed by atoms with Crippen LogP contribution in [0.2, 0.25) is 5.02 Å². The van der Waals surface area contributed by atoms with Gasteiger partial charge in [0.2, 0.25) is 0 Å². The van der Waals surface area contributed by atoms with Gasteiger partial charge in [-0.2, -0.15) is 13.9 Å². The molecule has 4 rings (SSSR count). The number of benzene rings is 2. The predicted molar refractivity (Wildman–Crippen MR) is 145 cm³/mol. The number of nitrogens with zero attached hydrogens (tertiary/aromatic N) is 5. The van der Waals surface area contributed by atoms with E-state index in [4.69, 9.17) is 33.2 Å². The molecule has 204 valence electrons. The van der Waals surface area contributed by atoms with Crippen LogP contribution in [0.5, 0.6) is 0 Å². The van der Waals surface area contributed by atoms with Gasteiger partial charge >= 0.3 is 6.55 Å². The molecule has 10 nitrogen and oxygen atoms in total. The highest BCUT2D eigenvalue weighted by Crippen LogP contribution is 2.31. The normalized spacial score (nSPS) is 14.9. The number of aromatic nitrogens is 2. The first-order valence-corrected chi connectivity index (χ1v) is 12.3. The van der Waals surface area contributed by atoms with Gasteiger partial charge in [0, 0.05) is 29.9 Å². The second kappa shape index (κ2) is 12.1. The van der Waals surface area contributed by atoms with Gasteiger partial charge in [0.15, 0.2) is 5.96 Å². The number of rotatable bonds is 10. The van der Waals surface area contributed by atoms with Crippen LogP contribution in [-0.2, 0) is 4.74 Å². The highest BCUT2D eigenvalue weighted by molar-refractivity contribution is 6.34. The summed E-state index contributed by atoms with van der Waals surface area (Å²) in [7, 11) is 1.47. The number of alkyl halides is 2. The third kappa shape index (κ3) is 6.47. The standard InChI is InChI=1S/C26H27ClF2N8O2/c1-33-26(32)37(24(38)16-4-2-15(3-5-16)18-11-35-36(12-18)25(28)29)22(13-39-19-7-8-19)17-6-9-21(27)20(10-17)23(31)34-14-30/h2-6,9-12,14,19,22,25H,7-8,13H2,1H3,(H2,32,33)(H3,30,31,34). The number of halogens is 3. The number of nitrogens with two attached hydrogens (primary N) is 2. The lowest BCUT2D eigenvalue weighted by molar-refractivity contribution is 0.0552. The number of amidine groups is 1. The van der Waals surface area contributed by atoms with Gasteiger partial charge in [-0.3, -0.25) is 20.1 Å². The number of hydrogen-bond acceptors (Lipinski definition) is 5. The Morgan fingerprint density at radius 2 is 1.97 bits per heavy atom. The zero-order chi connectivity index (χ0) is 28.1. The molecule has 1 atom stereocenters. The first kappa shape index (κ1) is 27.9. The van der Waals surface area contributed by atoms with Crippen molar-refractivity contribution in [2.75, 3.05) is 13.7 Å². The summed E-state index contributed by atoms with van der Waals surface area (Å²) in [4.78, 5) is 23.1. The zero-order valence-corrected chi connectivity index (χ0v) is 21.7. The van der Waals surface area contributed by atoms with E-state index in [1.165, 1.54) is 24.3 Å². The van der Waals surface area contributed by atoms with Crippen molar-refractivity contribution in [2.24, 2.45) is 21.5 Å². The van der Waals surface area contributed by atoms with E-state index in [9.17, 15) is 13.6 Å². The molecule has 3 aromatic rings. The van der Waals surface area contributed by atoms with Gasteiger partial charge in [-0.15, -0.1) is 0 Å². The van der Waals surface area contributed by atoms with E-state index in [-0.39, 0.29) is 24.5 Å². The number of amides is 1. The monoisotopic (exact) mass is 556 g/mol. The molecule has 2 aromatic carbocycles. The van der Waals surface area contributed by atoms with Gasteiger partial charge in [0.25, 0.3) is 5.91 Å². The Bertz CT molecular complexity index is 1400. The SMILES string of the molecule is CN=C(N)N(C(=O)c1ccc(-c2cnn(C(F)F)c2)cc1)C(COC1CC1)c1ccc(Cl)c(C(N)=NC=N)c1. The summed E-state index contributed by atoms with van der Waals surface area (Å²) in [6.45, 7) is -2.63. The van der Waals surface area contributed by atoms with Gasteiger partial charge in [0.1, 0.15) is 12.2 Å². The fourth-order valence-electron chi connectivity index (χ4n) is 3.92. The lowest BCUT2D eigenvalue weighted by Crippen LogP contribution is -2.46. The maximum Gasteiger partial charge on any atom is 0.333 e. The van der Waals surface area contributed by atoms with Crippen LogP contribution in [0.25, 0.3) is 11.1 Å². The largest absolute Gasteiger partial charge is 0.383 e. The Morgan fingerprint density at radius 3 is 2.56 bits per heavy atom. The van der Waals surface area contributed by atoms with Crippen molar-refractivity contribution < 1.29 is 18.3 Å². The molecule has 1 unspecified atom stereocenters.